The smallest absolute Gasteiger partial charge is 0.265 e. The second-order valence-electron chi connectivity index (χ2n) is 4.10. The second-order valence-corrected chi connectivity index (χ2v) is 4.10. The summed E-state index contributed by atoms with van der Waals surface area (Å²) in [6.45, 7) is 0.331. The zero-order valence-electron chi connectivity index (χ0n) is 10.7. The number of ether oxygens (including phenoxy) is 1. The van der Waals surface area contributed by atoms with E-state index in [4.69, 9.17) is 15.8 Å². The summed E-state index contributed by atoms with van der Waals surface area (Å²) >= 11 is 0. The Morgan fingerprint density at radius 3 is 2.65 bits per heavy atom. The molecule has 5 nitrogen and oxygen atoms in total. The second kappa shape index (κ2) is 6.36. The first-order chi connectivity index (χ1) is 9.72. The molecular formula is C15H13N3O2. The quantitative estimate of drug-likeness (QED) is 0.501. The van der Waals surface area contributed by atoms with E-state index in [1.54, 1.807) is 42.5 Å². The zero-order chi connectivity index (χ0) is 14.4. The van der Waals surface area contributed by atoms with E-state index in [0.717, 1.165) is 5.56 Å². The van der Waals surface area contributed by atoms with Gasteiger partial charge in [-0.15, -0.1) is 0 Å². The first-order valence-electron chi connectivity index (χ1n) is 5.96. The lowest BCUT2D eigenvalue weighted by Crippen LogP contribution is -2.30. The fraction of sp³-hybridized carbons (Fsp3) is 0.0667. The fourth-order valence-electron chi connectivity index (χ4n) is 1.68. The van der Waals surface area contributed by atoms with Gasteiger partial charge in [-0.05, 0) is 42.0 Å². The molecule has 0 atom stereocenters. The summed E-state index contributed by atoms with van der Waals surface area (Å²) in [6, 6.07) is 15.9. The number of amides is 1. The van der Waals surface area contributed by atoms with Crippen LogP contribution in [0.15, 0.2) is 48.5 Å². The Morgan fingerprint density at radius 2 is 2.00 bits per heavy atom. The number of hydrogen-bond acceptors (Lipinski definition) is 4. The number of nitrogens with one attached hydrogen (secondary N) is 1. The normalized spacial score (nSPS) is 9.60. The van der Waals surface area contributed by atoms with Crippen LogP contribution < -0.4 is 16.0 Å². The molecule has 0 radical (unpaired) electrons. The van der Waals surface area contributed by atoms with Crippen molar-refractivity contribution in [2.45, 2.75) is 6.61 Å². The Labute approximate surface area is 116 Å². The third-order valence-electron chi connectivity index (χ3n) is 2.71. The van der Waals surface area contributed by atoms with E-state index in [9.17, 15) is 4.79 Å². The third-order valence-corrected chi connectivity index (χ3v) is 2.71. The van der Waals surface area contributed by atoms with Gasteiger partial charge < -0.3 is 4.74 Å². The molecule has 20 heavy (non-hydrogen) atoms. The first-order valence-corrected chi connectivity index (χ1v) is 5.96. The summed E-state index contributed by atoms with van der Waals surface area (Å²) in [5.41, 5.74) is 4.00. The predicted molar refractivity (Wildman–Crippen MR) is 73.6 cm³/mol. The molecule has 0 heterocycles. The van der Waals surface area contributed by atoms with Crippen LogP contribution in [0.3, 0.4) is 0 Å². The number of nitriles is 1. The lowest BCUT2D eigenvalue weighted by atomic mass is 10.1. The number of nitrogens with zero attached hydrogens (tertiary/aromatic N) is 1. The van der Waals surface area contributed by atoms with Crippen LogP contribution in [0, 0.1) is 11.3 Å². The van der Waals surface area contributed by atoms with E-state index in [0.29, 0.717) is 23.5 Å². The highest BCUT2D eigenvalue weighted by Gasteiger charge is 2.04. The SMILES string of the molecule is N#Cc1ccc(OCc2cccc(C(=O)NN)c2)cc1. The van der Waals surface area contributed by atoms with Gasteiger partial charge in [-0.1, -0.05) is 12.1 Å². The van der Waals surface area contributed by atoms with E-state index >= 15 is 0 Å². The topological polar surface area (TPSA) is 88.1 Å². The highest BCUT2D eigenvalue weighted by Crippen LogP contribution is 2.14. The largest absolute Gasteiger partial charge is 0.489 e. The molecule has 2 rings (SSSR count). The molecule has 0 unspecified atom stereocenters. The number of carbonyl (C=O) groups excluding carboxylic acids is 1. The van der Waals surface area contributed by atoms with Gasteiger partial charge in [0.25, 0.3) is 5.91 Å². The van der Waals surface area contributed by atoms with E-state index in [2.05, 4.69) is 5.43 Å². The molecule has 100 valence electrons. The molecule has 2 aromatic rings. The van der Waals surface area contributed by atoms with Crippen molar-refractivity contribution in [2.24, 2.45) is 5.84 Å². The number of hydrazine groups is 1. The van der Waals surface area contributed by atoms with Gasteiger partial charge in [-0.25, -0.2) is 5.84 Å². The van der Waals surface area contributed by atoms with Crippen molar-refractivity contribution in [3.8, 4) is 11.8 Å². The van der Waals surface area contributed by atoms with E-state index in [-0.39, 0.29) is 5.91 Å². The molecule has 0 bridgehead atoms. The molecule has 0 aliphatic heterocycles. The van der Waals surface area contributed by atoms with Crippen LogP contribution in [0.25, 0.3) is 0 Å². The van der Waals surface area contributed by atoms with Crippen molar-refractivity contribution < 1.29 is 9.53 Å². The van der Waals surface area contributed by atoms with Gasteiger partial charge in [0.15, 0.2) is 0 Å². The molecule has 2 aromatic carbocycles. The van der Waals surface area contributed by atoms with Gasteiger partial charge in [0.1, 0.15) is 12.4 Å². The summed E-state index contributed by atoms with van der Waals surface area (Å²) in [7, 11) is 0. The van der Waals surface area contributed by atoms with Crippen molar-refractivity contribution in [3.05, 3.63) is 65.2 Å². The molecule has 5 heteroatoms. The number of benzene rings is 2. The highest BCUT2D eigenvalue weighted by atomic mass is 16.5. The molecule has 0 saturated heterocycles. The van der Waals surface area contributed by atoms with Gasteiger partial charge >= 0.3 is 0 Å². The number of hydrogen-bond donors (Lipinski definition) is 2. The maximum atomic E-state index is 11.4. The standard InChI is InChI=1S/C15H13N3O2/c16-9-11-4-6-14(7-5-11)20-10-12-2-1-3-13(8-12)15(19)18-17/h1-8H,10,17H2,(H,18,19). The molecule has 3 N–H and O–H groups in total. The van der Waals surface area contributed by atoms with Crippen molar-refractivity contribution in [3.63, 3.8) is 0 Å². The van der Waals surface area contributed by atoms with E-state index in [1.165, 1.54) is 0 Å². The Kier molecular flexibility index (Phi) is 4.32. The van der Waals surface area contributed by atoms with E-state index in [1.807, 2.05) is 12.1 Å². The Hall–Kier alpha value is -2.84. The molecule has 0 aliphatic carbocycles. The molecular weight excluding hydrogens is 254 g/mol. The van der Waals surface area contributed by atoms with Crippen LogP contribution in [0.5, 0.6) is 5.75 Å². The summed E-state index contributed by atoms with van der Waals surface area (Å²) in [4.78, 5) is 11.4. The van der Waals surface area contributed by atoms with Gasteiger partial charge in [0, 0.05) is 5.56 Å². The van der Waals surface area contributed by atoms with E-state index < -0.39 is 0 Å². The van der Waals surface area contributed by atoms with Crippen LogP contribution in [0.2, 0.25) is 0 Å². The molecule has 0 aliphatic rings. The summed E-state index contributed by atoms with van der Waals surface area (Å²) in [5, 5.41) is 8.70. The van der Waals surface area contributed by atoms with Gasteiger partial charge in [-0.3, -0.25) is 10.2 Å². The minimum absolute atomic E-state index is 0.331. The number of nitrogens with two attached hydrogens (primary N) is 1. The summed E-state index contributed by atoms with van der Waals surface area (Å²) in [5.74, 6) is 5.41. The van der Waals surface area contributed by atoms with Gasteiger partial charge in [0.05, 0.1) is 11.6 Å². The number of carbonyl (C=O) groups is 1. The van der Waals surface area contributed by atoms with Crippen molar-refractivity contribution >= 4 is 5.91 Å². The van der Waals surface area contributed by atoms with Crippen LogP contribution in [0.1, 0.15) is 21.5 Å². The average molecular weight is 267 g/mol. The molecule has 0 spiro atoms. The average Bonchev–Trinajstić information content (AvgIpc) is 2.53. The number of nitrogen functional groups attached to an aromatic ring is 1. The maximum Gasteiger partial charge on any atom is 0.265 e. The zero-order valence-corrected chi connectivity index (χ0v) is 10.7. The molecule has 0 fully saturated rings. The van der Waals surface area contributed by atoms with Gasteiger partial charge in [0.2, 0.25) is 0 Å². The minimum atomic E-state index is -0.342. The van der Waals surface area contributed by atoms with Crippen molar-refractivity contribution in [1.29, 1.82) is 5.26 Å². The highest BCUT2D eigenvalue weighted by molar-refractivity contribution is 5.93. The van der Waals surface area contributed by atoms with Crippen LogP contribution >= 0.6 is 0 Å². The summed E-state index contributed by atoms with van der Waals surface area (Å²) < 4.78 is 5.59. The monoisotopic (exact) mass is 267 g/mol. The van der Waals surface area contributed by atoms with Gasteiger partial charge in [-0.2, -0.15) is 5.26 Å². The van der Waals surface area contributed by atoms with Crippen molar-refractivity contribution in [1.82, 2.24) is 5.43 Å². The van der Waals surface area contributed by atoms with Crippen LogP contribution in [-0.2, 0) is 6.61 Å². The Morgan fingerprint density at radius 1 is 1.25 bits per heavy atom. The first kappa shape index (κ1) is 13.6. The number of rotatable bonds is 4. The third kappa shape index (κ3) is 3.34. The minimum Gasteiger partial charge on any atom is -0.489 e. The molecule has 1 amide bonds. The Balaban J connectivity index is 2.03. The molecule has 0 saturated carbocycles. The molecule has 0 aromatic heterocycles. The van der Waals surface area contributed by atoms with Crippen LogP contribution in [0.4, 0.5) is 0 Å². The Bertz CT molecular complexity index is 645. The summed E-state index contributed by atoms with van der Waals surface area (Å²) in [6.07, 6.45) is 0. The lowest BCUT2D eigenvalue weighted by molar-refractivity contribution is 0.0953. The predicted octanol–water partition coefficient (Wildman–Crippen LogP) is 1.74. The van der Waals surface area contributed by atoms with Crippen molar-refractivity contribution in [2.75, 3.05) is 0 Å². The lowest BCUT2D eigenvalue weighted by Gasteiger charge is -2.07. The van der Waals surface area contributed by atoms with Crippen LogP contribution in [-0.4, -0.2) is 5.91 Å². The fourth-order valence-corrected chi connectivity index (χ4v) is 1.68. The maximum absolute atomic E-state index is 11.4.